The number of halogens is 1. The topological polar surface area (TPSA) is 56.4 Å². The summed E-state index contributed by atoms with van der Waals surface area (Å²) in [5.74, 6) is -0.0968. The largest absolute Gasteiger partial charge is 0.451 e. The van der Waals surface area contributed by atoms with Crippen LogP contribution in [0.1, 0.15) is 16.1 Å². The van der Waals surface area contributed by atoms with Crippen LogP contribution in [0.2, 0.25) is 5.02 Å². The van der Waals surface area contributed by atoms with E-state index in [1.54, 1.807) is 25.3 Å². The molecule has 0 unspecified atom stereocenters. The van der Waals surface area contributed by atoms with Gasteiger partial charge in [-0.1, -0.05) is 29.8 Å². The monoisotopic (exact) mass is 380 g/mol. The molecule has 0 bridgehead atoms. The second-order valence-electron chi connectivity index (χ2n) is 6.04. The molecule has 4 aromatic rings. The van der Waals surface area contributed by atoms with E-state index in [9.17, 15) is 4.79 Å². The number of methoxy groups -OCH3 is 1. The number of anilines is 1. The Morgan fingerprint density at radius 3 is 2.70 bits per heavy atom. The van der Waals surface area contributed by atoms with Crippen LogP contribution < -0.4 is 5.32 Å². The van der Waals surface area contributed by atoms with Crippen LogP contribution in [0, 0.1) is 0 Å². The van der Waals surface area contributed by atoms with Gasteiger partial charge in [0.2, 0.25) is 0 Å². The smallest absolute Gasteiger partial charge is 0.291 e. The number of carbonyl (C=O) groups is 1. The molecular weight excluding hydrogens is 364 g/mol. The summed E-state index contributed by atoms with van der Waals surface area (Å²) >= 11 is 6.15. The molecule has 0 fully saturated rings. The number of ether oxygens (including phenoxy) is 1. The van der Waals surface area contributed by atoms with Crippen molar-refractivity contribution in [3.63, 3.8) is 0 Å². The highest BCUT2D eigenvalue weighted by molar-refractivity contribution is 6.31. The van der Waals surface area contributed by atoms with Crippen molar-refractivity contribution in [2.24, 2.45) is 0 Å². The minimum Gasteiger partial charge on any atom is -0.451 e. The van der Waals surface area contributed by atoms with Gasteiger partial charge in [0.1, 0.15) is 5.58 Å². The maximum absolute atomic E-state index is 13.0. The van der Waals surface area contributed by atoms with Crippen LogP contribution in [0.4, 0.5) is 5.69 Å². The number of benzene rings is 2. The number of aromatic nitrogens is 1. The van der Waals surface area contributed by atoms with Crippen molar-refractivity contribution in [2.45, 2.75) is 6.61 Å². The Balaban J connectivity index is 1.74. The van der Waals surface area contributed by atoms with Crippen molar-refractivity contribution >= 4 is 34.2 Å². The third kappa shape index (κ3) is 3.35. The number of rotatable bonds is 5. The molecule has 0 spiro atoms. The number of amides is 1. The van der Waals surface area contributed by atoms with E-state index in [4.69, 9.17) is 20.8 Å². The van der Waals surface area contributed by atoms with Crippen LogP contribution in [-0.2, 0) is 11.3 Å². The molecule has 0 atom stereocenters. The average molecular weight is 381 g/mol. The summed E-state index contributed by atoms with van der Waals surface area (Å²) in [7, 11) is 1.59. The highest BCUT2D eigenvalue weighted by Gasteiger charge is 2.21. The van der Waals surface area contributed by atoms with Gasteiger partial charge in [0, 0.05) is 35.5 Å². The van der Waals surface area contributed by atoms with E-state index in [-0.39, 0.29) is 18.3 Å². The third-order valence-corrected chi connectivity index (χ3v) is 4.52. The van der Waals surface area contributed by atoms with Crippen molar-refractivity contribution in [1.29, 1.82) is 0 Å². The lowest BCUT2D eigenvalue weighted by Crippen LogP contribution is -2.15. The maximum Gasteiger partial charge on any atom is 0.291 e. The summed E-state index contributed by atoms with van der Waals surface area (Å²) in [6.07, 6.45) is 3.78. The van der Waals surface area contributed by atoms with Crippen molar-refractivity contribution < 1.29 is 13.9 Å². The van der Waals surface area contributed by atoms with Gasteiger partial charge >= 0.3 is 0 Å². The van der Waals surface area contributed by atoms with Crippen molar-refractivity contribution in [3.05, 3.63) is 83.3 Å². The van der Waals surface area contributed by atoms with E-state index in [1.807, 2.05) is 53.4 Å². The van der Waals surface area contributed by atoms with E-state index in [0.717, 1.165) is 16.6 Å². The van der Waals surface area contributed by atoms with Crippen LogP contribution in [0.5, 0.6) is 0 Å². The van der Waals surface area contributed by atoms with Gasteiger partial charge < -0.3 is 19.0 Å². The molecular formula is C21H17ClN2O3. The normalized spacial score (nSPS) is 11.0. The van der Waals surface area contributed by atoms with Crippen LogP contribution in [0.25, 0.3) is 16.7 Å². The van der Waals surface area contributed by atoms with Crippen LogP contribution in [0.15, 0.2) is 71.4 Å². The number of hydrogen-bond donors (Lipinski definition) is 1. The lowest BCUT2D eigenvalue weighted by atomic mass is 10.1. The molecule has 0 aliphatic rings. The molecule has 0 saturated heterocycles. The standard InChI is InChI=1S/C21H17ClN2O3/c1-26-13-16-15-6-2-3-7-19(15)27-20(16)21(25)23-17-9-8-14(22)12-18(17)24-10-4-5-11-24/h2-12H,13H2,1H3,(H,23,25). The second-order valence-corrected chi connectivity index (χ2v) is 6.48. The molecule has 2 heterocycles. The third-order valence-electron chi connectivity index (χ3n) is 4.28. The van der Waals surface area contributed by atoms with E-state index in [2.05, 4.69) is 5.32 Å². The lowest BCUT2D eigenvalue weighted by molar-refractivity contribution is 0.0992. The Morgan fingerprint density at radius 1 is 1.15 bits per heavy atom. The Hall–Kier alpha value is -3.02. The van der Waals surface area contributed by atoms with Crippen molar-refractivity contribution in [2.75, 3.05) is 12.4 Å². The number of nitrogens with one attached hydrogen (secondary N) is 1. The number of carbonyl (C=O) groups excluding carboxylic acids is 1. The molecule has 1 amide bonds. The number of hydrogen-bond acceptors (Lipinski definition) is 3. The molecule has 5 nitrogen and oxygen atoms in total. The first kappa shape index (κ1) is 17.4. The molecule has 136 valence electrons. The van der Waals surface area contributed by atoms with Crippen LogP contribution in [0.3, 0.4) is 0 Å². The van der Waals surface area contributed by atoms with E-state index < -0.39 is 0 Å². The zero-order valence-corrected chi connectivity index (χ0v) is 15.4. The molecule has 2 aromatic carbocycles. The molecule has 0 aliphatic heterocycles. The summed E-state index contributed by atoms with van der Waals surface area (Å²) in [6, 6.07) is 16.6. The summed E-state index contributed by atoms with van der Waals surface area (Å²) in [5, 5.41) is 4.39. The van der Waals surface area contributed by atoms with Gasteiger partial charge in [-0.2, -0.15) is 0 Å². The Labute approximate surface area is 161 Å². The summed E-state index contributed by atoms with van der Waals surface area (Å²) in [4.78, 5) is 13.0. The highest BCUT2D eigenvalue weighted by atomic mass is 35.5. The van der Waals surface area contributed by atoms with Crippen molar-refractivity contribution in [1.82, 2.24) is 4.57 Å². The first-order chi connectivity index (χ1) is 13.2. The number of nitrogens with zero attached hydrogens (tertiary/aromatic N) is 1. The van der Waals surface area contributed by atoms with Crippen LogP contribution >= 0.6 is 11.6 Å². The van der Waals surface area contributed by atoms with Gasteiger partial charge in [-0.05, 0) is 36.4 Å². The second kappa shape index (κ2) is 7.31. The lowest BCUT2D eigenvalue weighted by Gasteiger charge is -2.12. The molecule has 0 radical (unpaired) electrons. The molecule has 1 N–H and O–H groups in total. The van der Waals surface area contributed by atoms with E-state index in [1.165, 1.54) is 0 Å². The first-order valence-corrected chi connectivity index (χ1v) is 8.79. The first-order valence-electron chi connectivity index (χ1n) is 8.41. The number of para-hydroxylation sites is 1. The minimum atomic E-state index is -0.339. The highest BCUT2D eigenvalue weighted by Crippen LogP contribution is 2.29. The Bertz CT molecular complexity index is 1100. The van der Waals surface area contributed by atoms with E-state index >= 15 is 0 Å². The van der Waals surface area contributed by atoms with Gasteiger partial charge in [-0.15, -0.1) is 0 Å². The predicted octanol–water partition coefficient (Wildman–Crippen LogP) is 5.28. The molecule has 0 aliphatic carbocycles. The molecule has 2 aromatic heterocycles. The van der Waals surface area contributed by atoms with Crippen LogP contribution in [-0.4, -0.2) is 17.6 Å². The fraction of sp³-hybridized carbons (Fsp3) is 0.0952. The zero-order chi connectivity index (χ0) is 18.8. The fourth-order valence-electron chi connectivity index (χ4n) is 3.07. The number of fused-ring (bicyclic) bond motifs is 1. The minimum absolute atomic E-state index is 0.242. The summed E-state index contributed by atoms with van der Waals surface area (Å²) in [5.41, 5.74) is 2.77. The summed E-state index contributed by atoms with van der Waals surface area (Å²) in [6.45, 7) is 0.283. The van der Waals surface area contributed by atoms with E-state index in [0.29, 0.717) is 16.3 Å². The van der Waals surface area contributed by atoms with Gasteiger partial charge in [0.25, 0.3) is 5.91 Å². The maximum atomic E-state index is 13.0. The van der Waals surface area contributed by atoms with Gasteiger partial charge in [0.05, 0.1) is 18.0 Å². The average Bonchev–Trinajstić information content (AvgIpc) is 3.32. The van der Waals surface area contributed by atoms with Gasteiger partial charge in [-0.25, -0.2) is 0 Å². The SMILES string of the molecule is COCc1c(C(=O)Nc2ccc(Cl)cc2-n2cccc2)oc2ccccc12. The number of furan rings is 1. The molecule has 27 heavy (non-hydrogen) atoms. The Morgan fingerprint density at radius 2 is 1.93 bits per heavy atom. The zero-order valence-electron chi connectivity index (χ0n) is 14.6. The quantitative estimate of drug-likeness (QED) is 0.512. The van der Waals surface area contributed by atoms with Crippen molar-refractivity contribution in [3.8, 4) is 5.69 Å². The van der Waals surface area contributed by atoms with Gasteiger partial charge in [0.15, 0.2) is 5.76 Å². The molecule has 0 saturated carbocycles. The predicted molar refractivity (Wildman–Crippen MR) is 106 cm³/mol. The summed E-state index contributed by atoms with van der Waals surface area (Å²) < 4.78 is 13.0. The molecule has 4 rings (SSSR count). The Kier molecular flexibility index (Phi) is 4.71. The molecule has 6 heteroatoms. The fourth-order valence-corrected chi connectivity index (χ4v) is 3.23. The van der Waals surface area contributed by atoms with Gasteiger partial charge in [-0.3, -0.25) is 4.79 Å².